The second-order valence-electron chi connectivity index (χ2n) is 6.12. The summed E-state index contributed by atoms with van der Waals surface area (Å²) < 4.78 is 7.62. The molecule has 0 aliphatic rings. The number of anilines is 1. The molecule has 0 saturated heterocycles. The molecule has 0 spiro atoms. The molecule has 1 amide bonds. The smallest absolute Gasteiger partial charge is 0.352 e. The van der Waals surface area contributed by atoms with Crippen LogP contribution in [0.25, 0.3) is 15.9 Å². The highest BCUT2D eigenvalue weighted by molar-refractivity contribution is 7.18. The number of hydrogen-bond acceptors (Lipinski definition) is 6. The van der Waals surface area contributed by atoms with Gasteiger partial charge in [-0.25, -0.2) is 18.9 Å². The third kappa shape index (κ3) is 2.95. The summed E-state index contributed by atoms with van der Waals surface area (Å²) in [6, 6.07) is 6.95. The number of benzene rings is 1. The lowest BCUT2D eigenvalue weighted by atomic mass is 10.2. The highest BCUT2D eigenvalue weighted by atomic mass is 32.1. The van der Waals surface area contributed by atoms with Gasteiger partial charge in [-0.2, -0.15) is 0 Å². The van der Waals surface area contributed by atoms with Crippen LogP contribution in [0.5, 0.6) is 5.75 Å². The maximum absolute atomic E-state index is 12.6. The first-order valence-corrected chi connectivity index (χ1v) is 9.07. The van der Waals surface area contributed by atoms with E-state index < -0.39 is 5.69 Å². The largest absolute Gasteiger partial charge is 0.497 e. The number of carbonyl (C=O) groups excluding carboxylic acids is 1. The second-order valence-corrected chi connectivity index (χ2v) is 7.32. The number of carbonyl (C=O) groups is 1. The lowest BCUT2D eigenvalue weighted by Crippen LogP contribution is -2.28. The molecule has 0 bridgehead atoms. The highest BCUT2D eigenvalue weighted by Gasteiger charge is 2.17. The van der Waals surface area contributed by atoms with Crippen molar-refractivity contribution in [2.24, 2.45) is 0 Å². The van der Waals surface area contributed by atoms with Crippen molar-refractivity contribution in [3.8, 4) is 5.75 Å². The fourth-order valence-corrected chi connectivity index (χ4v) is 3.87. The summed E-state index contributed by atoms with van der Waals surface area (Å²) >= 11 is 1.56. The molecule has 4 rings (SSSR count). The molecule has 4 aromatic rings. The first-order chi connectivity index (χ1) is 13.0. The van der Waals surface area contributed by atoms with Gasteiger partial charge in [0.05, 0.1) is 12.5 Å². The Morgan fingerprint density at radius 1 is 1.26 bits per heavy atom. The van der Waals surface area contributed by atoms with E-state index in [1.807, 2.05) is 13.8 Å². The van der Waals surface area contributed by atoms with E-state index >= 15 is 0 Å². The number of ether oxygens (including phenoxy) is 1. The predicted octanol–water partition coefficient (Wildman–Crippen LogP) is 2.37. The average molecular weight is 383 g/mol. The van der Waals surface area contributed by atoms with Crippen molar-refractivity contribution in [1.82, 2.24) is 19.2 Å². The molecule has 0 unspecified atom stereocenters. The van der Waals surface area contributed by atoms with E-state index in [0.717, 1.165) is 25.3 Å². The van der Waals surface area contributed by atoms with E-state index in [2.05, 4.69) is 15.4 Å². The van der Waals surface area contributed by atoms with Crippen molar-refractivity contribution in [2.45, 2.75) is 20.4 Å². The van der Waals surface area contributed by atoms with Gasteiger partial charge in [0.2, 0.25) is 5.91 Å². The molecule has 0 saturated carbocycles. The van der Waals surface area contributed by atoms with Crippen molar-refractivity contribution in [3.63, 3.8) is 0 Å². The minimum Gasteiger partial charge on any atom is -0.497 e. The van der Waals surface area contributed by atoms with Crippen molar-refractivity contribution in [2.75, 3.05) is 12.4 Å². The second kappa shape index (κ2) is 6.51. The summed E-state index contributed by atoms with van der Waals surface area (Å²) in [5.41, 5.74) is 1.79. The molecular weight excluding hydrogens is 366 g/mol. The zero-order chi connectivity index (χ0) is 19.1. The van der Waals surface area contributed by atoms with Crippen molar-refractivity contribution >= 4 is 38.8 Å². The van der Waals surface area contributed by atoms with Crippen LogP contribution in [0, 0.1) is 13.8 Å². The van der Waals surface area contributed by atoms with Crippen LogP contribution in [0.2, 0.25) is 0 Å². The third-order valence-electron chi connectivity index (χ3n) is 4.42. The number of fused-ring (bicyclic) bond motifs is 3. The number of rotatable bonds is 4. The summed E-state index contributed by atoms with van der Waals surface area (Å²) in [4.78, 5) is 31.2. The molecule has 138 valence electrons. The van der Waals surface area contributed by atoms with E-state index in [4.69, 9.17) is 4.74 Å². The first kappa shape index (κ1) is 17.2. The number of methoxy groups -OCH3 is 1. The molecule has 0 aliphatic carbocycles. The number of aryl methyl sites for hydroxylation is 2. The number of nitrogens with zero attached hydrogens (tertiary/aromatic N) is 4. The van der Waals surface area contributed by atoms with Gasteiger partial charge in [0.1, 0.15) is 23.5 Å². The maximum Gasteiger partial charge on any atom is 0.352 e. The Labute approximate surface area is 158 Å². The van der Waals surface area contributed by atoms with Gasteiger partial charge >= 0.3 is 5.69 Å². The molecular formula is C18H17N5O3S. The Kier molecular flexibility index (Phi) is 4.15. The Bertz CT molecular complexity index is 1220. The van der Waals surface area contributed by atoms with E-state index in [1.165, 1.54) is 10.7 Å². The van der Waals surface area contributed by atoms with Crippen LogP contribution in [0.15, 0.2) is 35.4 Å². The molecule has 9 heteroatoms. The number of thiophene rings is 1. The molecule has 27 heavy (non-hydrogen) atoms. The van der Waals surface area contributed by atoms with E-state index in [-0.39, 0.29) is 12.5 Å². The standard InChI is InChI=1S/C18H17N5O3S/c1-10-11(2)27-17-15(10)16-21-23(18(25)22(16)9-19-17)8-14(24)20-12-4-6-13(26-3)7-5-12/h4-7,9H,8H2,1-3H3,(H,20,24). The van der Waals surface area contributed by atoms with Crippen LogP contribution in [-0.4, -0.2) is 32.2 Å². The molecule has 0 atom stereocenters. The zero-order valence-corrected chi connectivity index (χ0v) is 15.8. The number of aromatic nitrogens is 4. The normalized spacial score (nSPS) is 11.2. The maximum atomic E-state index is 12.6. The predicted molar refractivity (Wildman–Crippen MR) is 104 cm³/mol. The number of hydrogen-bond donors (Lipinski definition) is 1. The molecule has 3 heterocycles. The molecule has 0 fully saturated rings. The van der Waals surface area contributed by atoms with E-state index in [0.29, 0.717) is 17.1 Å². The van der Waals surface area contributed by atoms with Gasteiger partial charge < -0.3 is 10.1 Å². The van der Waals surface area contributed by atoms with Crippen molar-refractivity contribution in [1.29, 1.82) is 0 Å². The van der Waals surface area contributed by atoms with Crippen LogP contribution in [0.4, 0.5) is 5.69 Å². The molecule has 3 aromatic heterocycles. The Morgan fingerprint density at radius 2 is 2.00 bits per heavy atom. The summed E-state index contributed by atoms with van der Waals surface area (Å²) in [6.07, 6.45) is 1.46. The number of amides is 1. The van der Waals surface area contributed by atoms with Crippen LogP contribution in [0.1, 0.15) is 10.4 Å². The lowest BCUT2D eigenvalue weighted by molar-refractivity contribution is -0.117. The quantitative estimate of drug-likeness (QED) is 0.584. The van der Waals surface area contributed by atoms with Gasteiger partial charge in [-0.3, -0.25) is 4.79 Å². The molecule has 8 nitrogen and oxygen atoms in total. The summed E-state index contributed by atoms with van der Waals surface area (Å²) in [6.45, 7) is 3.81. The molecule has 0 radical (unpaired) electrons. The van der Waals surface area contributed by atoms with E-state index in [1.54, 1.807) is 42.7 Å². The minimum absolute atomic E-state index is 0.184. The van der Waals surface area contributed by atoms with E-state index in [9.17, 15) is 9.59 Å². The van der Waals surface area contributed by atoms with Gasteiger partial charge in [0, 0.05) is 10.6 Å². The van der Waals surface area contributed by atoms with Crippen molar-refractivity contribution < 1.29 is 9.53 Å². The van der Waals surface area contributed by atoms with Gasteiger partial charge in [-0.05, 0) is 43.7 Å². The first-order valence-electron chi connectivity index (χ1n) is 8.25. The summed E-state index contributed by atoms with van der Waals surface area (Å²) in [7, 11) is 1.58. The van der Waals surface area contributed by atoms with Gasteiger partial charge in [0.15, 0.2) is 5.65 Å². The molecule has 1 aromatic carbocycles. The van der Waals surface area contributed by atoms with Crippen molar-refractivity contribution in [3.05, 3.63) is 51.5 Å². The van der Waals surface area contributed by atoms with Crippen LogP contribution in [0.3, 0.4) is 0 Å². The van der Waals surface area contributed by atoms with Crippen LogP contribution in [-0.2, 0) is 11.3 Å². The molecule has 1 N–H and O–H groups in total. The zero-order valence-electron chi connectivity index (χ0n) is 15.0. The summed E-state index contributed by atoms with van der Waals surface area (Å²) in [5, 5.41) is 7.98. The summed E-state index contributed by atoms with van der Waals surface area (Å²) in [5.74, 6) is 0.357. The van der Waals surface area contributed by atoms with Gasteiger partial charge in [0.25, 0.3) is 0 Å². The molecule has 0 aliphatic heterocycles. The fraction of sp³-hybridized carbons (Fsp3) is 0.222. The van der Waals surface area contributed by atoms with Crippen LogP contribution >= 0.6 is 11.3 Å². The SMILES string of the molecule is COc1ccc(NC(=O)Cn2nc3c4c(C)c(C)sc4ncn3c2=O)cc1. The van der Waals surface area contributed by atoms with Gasteiger partial charge in [-0.15, -0.1) is 16.4 Å². The topological polar surface area (TPSA) is 90.5 Å². The Morgan fingerprint density at radius 3 is 2.70 bits per heavy atom. The van der Waals surface area contributed by atoms with Crippen LogP contribution < -0.4 is 15.7 Å². The third-order valence-corrected chi connectivity index (χ3v) is 5.53. The fourth-order valence-electron chi connectivity index (χ4n) is 2.88. The Hall–Kier alpha value is -3.20. The average Bonchev–Trinajstić information content (AvgIpc) is 3.12. The monoisotopic (exact) mass is 383 g/mol. The highest BCUT2D eigenvalue weighted by Crippen LogP contribution is 2.30. The van der Waals surface area contributed by atoms with Gasteiger partial charge in [-0.1, -0.05) is 0 Å². The number of nitrogens with one attached hydrogen (secondary N) is 1. The Balaban J connectivity index is 1.65. The minimum atomic E-state index is -0.396. The lowest BCUT2D eigenvalue weighted by Gasteiger charge is -2.05.